The van der Waals surface area contributed by atoms with Crippen LogP contribution in [0.25, 0.3) is 0 Å². The lowest BCUT2D eigenvalue weighted by molar-refractivity contribution is 0.118. The number of nitrogens with zero attached hydrogens (tertiary/aromatic N) is 2. The first-order valence-corrected chi connectivity index (χ1v) is 12.1. The summed E-state index contributed by atoms with van der Waals surface area (Å²) < 4.78 is 12.5. The number of hydrogen-bond donors (Lipinski definition) is 1. The van der Waals surface area contributed by atoms with Crippen molar-refractivity contribution in [3.63, 3.8) is 0 Å². The van der Waals surface area contributed by atoms with E-state index in [0.717, 1.165) is 23.7 Å². The Kier molecular flexibility index (Phi) is 5.65. The van der Waals surface area contributed by atoms with Gasteiger partial charge in [0.2, 0.25) is 0 Å². The van der Waals surface area contributed by atoms with Crippen LogP contribution in [0, 0.1) is 11.3 Å². The second kappa shape index (κ2) is 7.13. The largest absolute Gasteiger partial charge is 0.484 e. The molecule has 0 saturated heterocycles. The second-order valence-electron chi connectivity index (χ2n) is 9.24. The third-order valence-electron chi connectivity index (χ3n) is 5.31. The number of ether oxygens (including phenoxy) is 1. The summed E-state index contributed by atoms with van der Waals surface area (Å²) in [7, 11) is 0.288. The first-order chi connectivity index (χ1) is 11.8. The molecule has 0 aromatic heterocycles. The zero-order chi connectivity index (χ0) is 19.8. The molecule has 1 aliphatic rings. The second-order valence-corrected chi connectivity index (χ2v) is 14.0. The van der Waals surface area contributed by atoms with Gasteiger partial charge < -0.3 is 19.4 Å². The van der Waals surface area contributed by atoms with Crippen molar-refractivity contribution in [1.29, 1.82) is 5.26 Å². The predicted molar refractivity (Wildman–Crippen MR) is 111 cm³/mol. The predicted octanol–water partition coefficient (Wildman–Crippen LogP) is 4.62. The minimum atomic E-state index is -1.78. The Morgan fingerprint density at radius 3 is 2.54 bits per heavy atom. The molecule has 1 aromatic rings. The molecule has 1 aromatic carbocycles. The van der Waals surface area contributed by atoms with Gasteiger partial charge in [0.1, 0.15) is 17.4 Å². The smallest absolute Gasteiger partial charge is 0.192 e. The molecule has 0 fully saturated rings. The van der Waals surface area contributed by atoms with Crippen LogP contribution in [0.3, 0.4) is 0 Å². The molecule has 0 unspecified atom stereocenters. The van der Waals surface area contributed by atoms with E-state index in [2.05, 4.69) is 57.2 Å². The maximum absolute atomic E-state index is 9.20. The molecular weight excluding hydrogens is 342 g/mol. The van der Waals surface area contributed by atoms with E-state index >= 15 is 0 Å². The van der Waals surface area contributed by atoms with Gasteiger partial charge >= 0.3 is 0 Å². The van der Waals surface area contributed by atoms with E-state index in [1.54, 1.807) is 0 Å². The van der Waals surface area contributed by atoms with Gasteiger partial charge in [-0.25, -0.2) is 0 Å². The van der Waals surface area contributed by atoms with Gasteiger partial charge in [0, 0.05) is 12.7 Å². The van der Waals surface area contributed by atoms with Gasteiger partial charge in [0.25, 0.3) is 0 Å². The number of nitriles is 1. The van der Waals surface area contributed by atoms with E-state index in [1.165, 1.54) is 0 Å². The maximum atomic E-state index is 9.20. The molecular formula is C20H33N3O2Si. The molecule has 0 amide bonds. The van der Waals surface area contributed by atoms with Gasteiger partial charge in [0.15, 0.2) is 8.32 Å². The molecule has 6 heteroatoms. The fraction of sp³-hybridized carbons (Fsp3) is 0.650. The Hall–Kier alpha value is -1.71. The summed E-state index contributed by atoms with van der Waals surface area (Å²) in [5, 5.41) is 12.6. The highest BCUT2D eigenvalue weighted by molar-refractivity contribution is 6.74. The van der Waals surface area contributed by atoms with Crippen LogP contribution in [-0.4, -0.2) is 40.2 Å². The first kappa shape index (κ1) is 20.6. The molecule has 1 N–H and O–H groups in total. The Morgan fingerprint density at radius 2 is 1.96 bits per heavy atom. The Labute approximate surface area is 159 Å². The van der Waals surface area contributed by atoms with E-state index in [0.29, 0.717) is 6.61 Å². The van der Waals surface area contributed by atoms with Crippen molar-refractivity contribution >= 4 is 19.7 Å². The molecule has 144 valence electrons. The first-order valence-electron chi connectivity index (χ1n) is 9.20. The molecule has 0 spiro atoms. The van der Waals surface area contributed by atoms with Crippen LogP contribution >= 0.6 is 0 Å². The van der Waals surface area contributed by atoms with Crippen LogP contribution in [0.2, 0.25) is 18.1 Å². The molecule has 5 nitrogen and oxygen atoms in total. The van der Waals surface area contributed by atoms with E-state index in [9.17, 15) is 5.26 Å². The van der Waals surface area contributed by atoms with Crippen LogP contribution in [0.5, 0.6) is 5.75 Å². The van der Waals surface area contributed by atoms with Crippen molar-refractivity contribution in [3.05, 3.63) is 18.2 Å². The Morgan fingerprint density at radius 1 is 1.31 bits per heavy atom. The lowest BCUT2D eigenvalue weighted by atomic mass is 10.1. The number of hydrogen-bond acceptors (Lipinski definition) is 5. The highest BCUT2D eigenvalue weighted by atomic mass is 28.4. The number of anilines is 2. The van der Waals surface area contributed by atoms with E-state index < -0.39 is 13.9 Å². The number of nitrogens with one attached hydrogen (secondary N) is 1. The van der Waals surface area contributed by atoms with Gasteiger partial charge in [-0.15, -0.1) is 0 Å². The summed E-state index contributed by atoms with van der Waals surface area (Å²) in [4.78, 5) is 2.20. The minimum absolute atomic E-state index is 0.0241. The molecule has 0 saturated carbocycles. The molecule has 0 radical (unpaired) electrons. The average molecular weight is 376 g/mol. The highest BCUT2D eigenvalue weighted by Crippen LogP contribution is 2.38. The van der Waals surface area contributed by atoms with Crippen molar-refractivity contribution in [1.82, 2.24) is 0 Å². The molecule has 1 atom stereocenters. The van der Waals surface area contributed by atoms with E-state index in [1.807, 2.05) is 32.0 Å². The zero-order valence-corrected chi connectivity index (χ0v) is 18.4. The van der Waals surface area contributed by atoms with E-state index in [4.69, 9.17) is 9.16 Å². The van der Waals surface area contributed by atoms with Crippen molar-refractivity contribution in [2.75, 3.05) is 30.4 Å². The molecule has 26 heavy (non-hydrogen) atoms. The average Bonchev–Trinajstić information content (AvgIpc) is 2.52. The highest BCUT2D eigenvalue weighted by Gasteiger charge is 2.38. The van der Waals surface area contributed by atoms with Crippen LogP contribution in [0.1, 0.15) is 34.6 Å². The third kappa shape index (κ3) is 4.71. The third-order valence-corrected chi connectivity index (χ3v) is 9.81. The molecule has 1 aliphatic heterocycles. The molecule has 1 heterocycles. The minimum Gasteiger partial charge on any atom is -0.484 e. The van der Waals surface area contributed by atoms with Gasteiger partial charge in [-0.1, -0.05) is 20.8 Å². The van der Waals surface area contributed by atoms with Crippen LogP contribution in [0.15, 0.2) is 18.2 Å². The van der Waals surface area contributed by atoms with Crippen molar-refractivity contribution in [3.8, 4) is 11.8 Å². The normalized spacial score (nSPS) is 18.0. The number of fused-ring (bicyclic) bond motifs is 1. The SMILES string of the molecule is CN1C[C@@H](CO[Si](C)(C)C(C)(C)C)Oc2ccc(NC(C)(C)C#N)cc21. The summed E-state index contributed by atoms with van der Waals surface area (Å²) in [6.07, 6.45) is 0.0241. The van der Waals surface area contributed by atoms with Crippen molar-refractivity contribution in [2.24, 2.45) is 0 Å². The Bertz CT molecular complexity index is 689. The lowest BCUT2D eigenvalue weighted by Gasteiger charge is -2.39. The lowest BCUT2D eigenvalue weighted by Crippen LogP contribution is -2.47. The molecule has 0 bridgehead atoms. The standard InChI is InChI=1S/C20H33N3O2Si/c1-19(2,3)26(7,8)24-13-16-12-23(6)17-11-15(9-10-18(17)25-16)22-20(4,5)14-21/h9-11,16,22H,12-13H2,1-8H3/t16-/m0/s1. The van der Waals surface area contributed by atoms with Gasteiger partial charge in [0.05, 0.1) is 24.9 Å². The summed E-state index contributed by atoms with van der Waals surface area (Å²) in [5.41, 5.74) is 1.34. The fourth-order valence-corrected chi connectivity index (χ4v) is 3.64. The summed E-state index contributed by atoms with van der Waals surface area (Å²) in [5.74, 6) is 0.864. The number of rotatable bonds is 5. The van der Waals surface area contributed by atoms with Crippen LogP contribution < -0.4 is 15.0 Å². The quantitative estimate of drug-likeness (QED) is 0.761. The summed E-state index contributed by atoms with van der Waals surface area (Å²) in [6.45, 7) is 16.4. The van der Waals surface area contributed by atoms with Gasteiger partial charge in [-0.3, -0.25) is 0 Å². The number of likely N-dealkylation sites (N-methyl/N-ethyl adjacent to an activating group) is 1. The molecule has 0 aliphatic carbocycles. The number of benzene rings is 1. The summed E-state index contributed by atoms with van der Waals surface area (Å²) in [6, 6.07) is 8.24. The van der Waals surface area contributed by atoms with Crippen molar-refractivity contribution < 1.29 is 9.16 Å². The van der Waals surface area contributed by atoms with Crippen molar-refractivity contribution in [2.45, 2.75) is 64.4 Å². The summed E-state index contributed by atoms with van der Waals surface area (Å²) >= 11 is 0. The van der Waals surface area contributed by atoms with Crippen LogP contribution in [0.4, 0.5) is 11.4 Å². The maximum Gasteiger partial charge on any atom is 0.192 e. The fourth-order valence-electron chi connectivity index (χ4n) is 2.61. The monoisotopic (exact) mass is 375 g/mol. The zero-order valence-electron chi connectivity index (χ0n) is 17.4. The van der Waals surface area contributed by atoms with Gasteiger partial charge in [-0.2, -0.15) is 5.26 Å². The Balaban J connectivity index is 2.08. The topological polar surface area (TPSA) is 57.5 Å². The van der Waals surface area contributed by atoms with Gasteiger partial charge in [-0.05, 0) is 50.2 Å². The molecule has 2 rings (SSSR count). The van der Waals surface area contributed by atoms with E-state index in [-0.39, 0.29) is 11.1 Å². The van der Waals surface area contributed by atoms with Crippen LogP contribution in [-0.2, 0) is 4.43 Å².